The van der Waals surface area contributed by atoms with Gasteiger partial charge in [0.25, 0.3) is 0 Å². The molecule has 22 heavy (non-hydrogen) atoms. The molecule has 0 unspecified atom stereocenters. The largest absolute Gasteiger partial charge is 0.511 e. The molecule has 0 saturated heterocycles. The summed E-state index contributed by atoms with van der Waals surface area (Å²) in [6.45, 7) is 5.46. The number of nitrogens with zero attached hydrogens (tertiary/aromatic N) is 1. The molecule has 6 heteroatoms. The Bertz CT molecular complexity index is 505. The van der Waals surface area contributed by atoms with E-state index in [-0.39, 0.29) is 36.7 Å². The third-order valence-corrected chi connectivity index (χ3v) is 3.82. The molecule has 0 spiro atoms. The lowest BCUT2D eigenvalue weighted by molar-refractivity contribution is -0.150. The van der Waals surface area contributed by atoms with Crippen molar-refractivity contribution in [2.45, 2.75) is 40.0 Å². The fourth-order valence-corrected chi connectivity index (χ4v) is 2.82. The lowest BCUT2D eigenvalue weighted by Crippen LogP contribution is -2.41. The second-order valence-corrected chi connectivity index (χ2v) is 6.11. The number of allylic oxidation sites excluding steroid dienone is 1. The van der Waals surface area contributed by atoms with Crippen LogP contribution in [0, 0.1) is 11.3 Å². The van der Waals surface area contributed by atoms with Gasteiger partial charge in [0.1, 0.15) is 11.7 Å². The Balaban J connectivity index is 3.40. The molecular weight excluding hydrogens is 286 g/mol. The number of carbonyl (C=O) groups excluding carboxylic acids is 2. The van der Waals surface area contributed by atoms with Gasteiger partial charge < -0.3 is 14.9 Å². The third kappa shape index (κ3) is 3.74. The van der Waals surface area contributed by atoms with Gasteiger partial charge in [0.05, 0.1) is 25.8 Å². The van der Waals surface area contributed by atoms with Crippen molar-refractivity contribution in [2.24, 2.45) is 16.3 Å². The van der Waals surface area contributed by atoms with Crippen molar-refractivity contribution in [3.8, 4) is 0 Å². The number of aliphatic hydroxyl groups is 2. The number of hydrogen-bond acceptors (Lipinski definition) is 6. The quantitative estimate of drug-likeness (QED) is 0.576. The van der Waals surface area contributed by atoms with Crippen LogP contribution in [0.15, 0.2) is 16.3 Å². The molecular formula is C16H25NO5. The molecule has 0 heterocycles. The summed E-state index contributed by atoms with van der Waals surface area (Å²) in [6.07, 6.45) is 1.37. The summed E-state index contributed by atoms with van der Waals surface area (Å²) in [5.74, 6) is -1.95. The number of aliphatic hydroxyl groups excluding tert-OH is 2. The van der Waals surface area contributed by atoms with E-state index in [1.165, 1.54) is 7.11 Å². The highest BCUT2D eigenvalue weighted by molar-refractivity contribution is 6.23. The Hall–Kier alpha value is -1.69. The molecule has 0 radical (unpaired) electrons. The Kier molecular flexibility index (Phi) is 6.29. The molecule has 124 valence electrons. The summed E-state index contributed by atoms with van der Waals surface area (Å²) in [6, 6.07) is 0. The minimum absolute atomic E-state index is 0.116. The standard InChI is InChI=1S/C16H25NO5/c1-5-6-10(17-7-8-18)12-11(19)9-16(2,3)13(14(12)20)15(21)22-4/h13,18,20H,5-9H2,1-4H3/t13-/m0/s1. The zero-order chi connectivity index (χ0) is 16.9. The third-order valence-electron chi connectivity index (χ3n) is 3.82. The number of ether oxygens (including phenoxy) is 1. The van der Waals surface area contributed by atoms with Gasteiger partial charge >= 0.3 is 5.97 Å². The second kappa shape index (κ2) is 7.54. The molecule has 0 amide bonds. The smallest absolute Gasteiger partial charge is 0.316 e. The van der Waals surface area contributed by atoms with Gasteiger partial charge in [-0.05, 0) is 11.8 Å². The van der Waals surface area contributed by atoms with Crippen LogP contribution < -0.4 is 0 Å². The summed E-state index contributed by atoms with van der Waals surface area (Å²) in [5.41, 5.74) is -0.153. The molecule has 1 aliphatic carbocycles. The molecule has 1 aliphatic rings. The number of Topliss-reactive ketones (excluding diaryl/α,β-unsaturated/α-hetero) is 1. The lowest BCUT2D eigenvalue weighted by atomic mass is 9.67. The molecule has 2 N–H and O–H groups in total. The van der Waals surface area contributed by atoms with E-state index in [0.717, 1.165) is 6.42 Å². The predicted molar refractivity (Wildman–Crippen MR) is 82.9 cm³/mol. The van der Waals surface area contributed by atoms with Crippen LogP contribution in [-0.4, -0.2) is 47.9 Å². The Morgan fingerprint density at radius 1 is 1.45 bits per heavy atom. The highest BCUT2D eigenvalue weighted by Crippen LogP contribution is 2.42. The van der Waals surface area contributed by atoms with Gasteiger partial charge in [-0.15, -0.1) is 0 Å². The summed E-state index contributed by atoms with van der Waals surface area (Å²) < 4.78 is 4.78. The van der Waals surface area contributed by atoms with Crippen LogP contribution in [0.1, 0.15) is 40.0 Å². The average Bonchev–Trinajstić information content (AvgIpc) is 2.42. The fourth-order valence-electron chi connectivity index (χ4n) is 2.82. The van der Waals surface area contributed by atoms with Crippen molar-refractivity contribution in [2.75, 3.05) is 20.3 Å². The topological polar surface area (TPSA) is 96.2 Å². The maximum Gasteiger partial charge on any atom is 0.316 e. The van der Waals surface area contributed by atoms with E-state index in [2.05, 4.69) is 4.99 Å². The minimum Gasteiger partial charge on any atom is -0.511 e. The van der Waals surface area contributed by atoms with Crippen LogP contribution in [-0.2, 0) is 14.3 Å². The number of ketones is 1. The van der Waals surface area contributed by atoms with Crippen LogP contribution in [0.25, 0.3) is 0 Å². The molecule has 0 bridgehead atoms. The number of methoxy groups -OCH3 is 1. The maximum atomic E-state index is 12.4. The van der Waals surface area contributed by atoms with Gasteiger partial charge in [-0.2, -0.15) is 0 Å². The van der Waals surface area contributed by atoms with E-state index in [0.29, 0.717) is 12.1 Å². The first kappa shape index (κ1) is 18.4. The molecule has 1 rings (SSSR count). The molecule has 0 aromatic heterocycles. The fraction of sp³-hybridized carbons (Fsp3) is 0.688. The molecule has 0 aromatic carbocycles. The van der Waals surface area contributed by atoms with Gasteiger partial charge in [0.15, 0.2) is 5.78 Å². The van der Waals surface area contributed by atoms with Crippen LogP contribution in [0.5, 0.6) is 0 Å². The van der Waals surface area contributed by atoms with Crippen molar-refractivity contribution in [1.82, 2.24) is 0 Å². The Morgan fingerprint density at radius 3 is 2.59 bits per heavy atom. The van der Waals surface area contributed by atoms with Crippen LogP contribution in [0.3, 0.4) is 0 Å². The first-order valence-electron chi connectivity index (χ1n) is 7.48. The van der Waals surface area contributed by atoms with Gasteiger partial charge in [-0.25, -0.2) is 0 Å². The number of hydrogen-bond donors (Lipinski definition) is 2. The number of esters is 1. The molecule has 6 nitrogen and oxygen atoms in total. The van der Waals surface area contributed by atoms with Crippen LogP contribution in [0.4, 0.5) is 0 Å². The number of rotatable bonds is 6. The highest BCUT2D eigenvalue weighted by atomic mass is 16.5. The van der Waals surface area contributed by atoms with Crippen molar-refractivity contribution in [3.63, 3.8) is 0 Å². The Morgan fingerprint density at radius 2 is 2.09 bits per heavy atom. The van der Waals surface area contributed by atoms with Gasteiger partial charge in [0, 0.05) is 12.1 Å². The molecule has 0 saturated carbocycles. The second-order valence-electron chi connectivity index (χ2n) is 6.11. The van der Waals surface area contributed by atoms with Crippen LogP contribution >= 0.6 is 0 Å². The summed E-state index contributed by atoms with van der Waals surface area (Å²) in [7, 11) is 1.26. The molecule has 1 atom stereocenters. The summed E-state index contributed by atoms with van der Waals surface area (Å²) >= 11 is 0. The van der Waals surface area contributed by atoms with Crippen LogP contribution in [0.2, 0.25) is 0 Å². The van der Waals surface area contributed by atoms with E-state index in [9.17, 15) is 14.7 Å². The monoisotopic (exact) mass is 311 g/mol. The first-order valence-corrected chi connectivity index (χ1v) is 7.48. The number of aliphatic imine (C=N–C) groups is 1. The van der Waals surface area contributed by atoms with Gasteiger partial charge in [0.2, 0.25) is 0 Å². The zero-order valence-corrected chi connectivity index (χ0v) is 13.7. The lowest BCUT2D eigenvalue weighted by Gasteiger charge is -2.36. The van der Waals surface area contributed by atoms with E-state index < -0.39 is 17.3 Å². The maximum absolute atomic E-state index is 12.4. The first-order chi connectivity index (χ1) is 10.3. The molecule has 0 fully saturated rings. The van der Waals surface area contributed by atoms with Gasteiger partial charge in [-0.1, -0.05) is 27.2 Å². The SMILES string of the molecule is CCCC(=NCCO)C1=C(O)[C@@H](C(=O)OC)C(C)(C)CC1=O. The average molecular weight is 311 g/mol. The van der Waals surface area contributed by atoms with Crippen molar-refractivity contribution >= 4 is 17.5 Å². The normalized spacial score (nSPS) is 22.0. The zero-order valence-electron chi connectivity index (χ0n) is 13.7. The predicted octanol–water partition coefficient (Wildman–Crippen LogP) is 1.82. The minimum atomic E-state index is -0.888. The molecule has 0 aliphatic heterocycles. The van der Waals surface area contributed by atoms with E-state index in [4.69, 9.17) is 9.84 Å². The van der Waals surface area contributed by atoms with Crippen molar-refractivity contribution < 1.29 is 24.5 Å². The van der Waals surface area contributed by atoms with Crippen molar-refractivity contribution in [1.29, 1.82) is 0 Å². The molecule has 0 aromatic rings. The van der Waals surface area contributed by atoms with E-state index in [1.54, 1.807) is 13.8 Å². The van der Waals surface area contributed by atoms with E-state index >= 15 is 0 Å². The number of carbonyl (C=O) groups is 2. The summed E-state index contributed by atoms with van der Waals surface area (Å²) in [5, 5.41) is 19.5. The van der Waals surface area contributed by atoms with Crippen molar-refractivity contribution in [3.05, 3.63) is 11.3 Å². The Labute approximate surface area is 130 Å². The van der Waals surface area contributed by atoms with Gasteiger partial charge in [-0.3, -0.25) is 14.6 Å². The van der Waals surface area contributed by atoms with E-state index in [1.807, 2.05) is 6.92 Å². The highest BCUT2D eigenvalue weighted by Gasteiger charge is 2.47. The summed E-state index contributed by atoms with van der Waals surface area (Å²) in [4.78, 5) is 28.7.